The van der Waals surface area contributed by atoms with Gasteiger partial charge in [0.1, 0.15) is 42.7 Å². The molecule has 3 saturated heterocycles. The molecule has 3 fully saturated rings. The van der Waals surface area contributed by atoms with E-state index in [9.17, 15) is 0 Å². The van der Waals surface area contributed by atoms with Gasteiger partial charge in [0.05, 0.1) is 45.9 Å². The quantitative estimate of drug-likeness (QED) is 0.0749. The van der Waals surface area contributed by atoms with Crippen LogP contribution < -0.4 is 0 Å². The average molecular weight is 845 g/mol. The molecule has 0 aromatic heterocycles. The summed E-state index contributed by atoms with van der Waals surface area (Å²) in [5.74, 6) is 0. The molecule has 5 aromatic carbocycles. The molecule has 8 rings (SSSR count). The van der Waals surface area contributed by atoms with Crippen molar-refractivity contribution in [1.82, 2.24) is 0 Å². The zero-order valence-electron chi connectivity index (χ0n) is 35.2. The Morgan fingerprint density at radius 2 is 1.03 bits per heavy atom. The monoisotopic (exact) mass is 844 g/mol. The van der Waals surface area contributed by atoms with Crippen molar-refractivity contribution >= 4 is 0 Å². The van der Waals surface area contributed by atoms with E-state index in [2.05, 4.69) is 0 Å². The maximum Gasteiger partial charge on any atom is 0.188 e. The van der Waals surface area contributed by atoms with Gasteiger partial charge in [-0.3, -0.25) is 0 Å². The van der Waals surface area contributed by atoms with Crippen LogP contribution in [-0.2, 0) is 78.5 Å². The van der Waals surface area contributed by atoms with Crippen LogP contribution in [0, 0.1) is 0 Å². The largest absolute Gasteiger partial charge is 0.493 e. The molecule has 3 aliphatic rings. The number of hydrogen-bond donors (Lipinski definition) is 0. The minimum atomic E-state index is -1.04. The molecule has 5 aromatic rings. The lowest BCUT2D eigenvalue weighted by molar-refractivity contribution is -0.398. The summed E-state index contributed by atoms with van der Waals surface area (Å²) in [6, 6.07) is 49.8. The van der Waals surface area contributed by atoms with Crippen LogP contribution in [0.3, 0.4) is 0 Å². The average Bonchev–Trinajstić information content (AvgIpc) is 3.33. The lowest BCUT2D eigenvalue weighted by Gasteiger charge is -2.51. The lowest BCUT2D eigenvalue weighted by Crippen LogP contribution is -2.67. The van der Waals surface area contributed by atoms with Gasteiger partial charge in [-0.15, -0.1) is 0 Å². The van der Waals surface area contributed by atoms with Crippen molar-refractivity contribution in [1.29, 1.82) is 0 Å². The summed E-state index contributed by atoms with van der Waals surface area (Å²) in [7, 11) is 1.59. The second kappa shape index (κ2) is 22.5. The van der Waals surface area contributed by atoms with E-state index in [1.807, 2.05) is 165 Å². The van der Waals surface area contributed by atoms with Gasteiger partial charge < -0.3 is 52.1 Å². The first-order chi connectivity index (χ1) is 30.7. The van der Waals surface area contributed by atoms with E-state index in [1.54, 1.807) is 13.4 Å². The van der Waals surface area contributed by atoms with Gasteiger partial charge in [0.2, 0.25) is 0 Å². The minimum Gasteiger partial charge on any atom is -0.493 e. The molecule has 3 heterocycles. The molecule has 3 aliphatic heterocycles. The molecular formula is C51H56O11. The molecule has 0 saturated carbocycles. The van der Waals surface area contributed by atoms with Crippen molar-refractivity contribution in [3.05, 3.63) is 192 Å². The molecule has 11 nitrogen and oxygen atoms in total. The summed E-state index contributed by atoms with van der Waals surface area (Å²) in [6.45, 7) is 3.50. The first kappa shape index (κ1) is 43.9. The standard InChI is InChI=1S/C51H56O11/c1-3-29-54-45-43(55-31-37-21-11-5-12-22-37)41(34-53-30-36-19-9-4-10-20-36)60-51(47(45)56-32-38-23-13-6-14-24-38)62-46-44-42(35-58-49(61-44)40-27-17-8-18-28-40)59-50(52-2)48(46)57-33-39-25-15-7-16-26-39/h3-29,41-51H,30-35H2,1-2H3/b29-3-/t41-,42-,43-,44-,45+,46+,47-,48+,49-,50+,51-/m1/s1. The van der Waals surface area contributed by atoms with Crippen LogP contribution in [0.25, 0.3) is 0 Å². The van der Waals surface area contributed by atoms with E-state index >= 15 is 0 Å². The highest BCUT2D eigenvalue weighted by atomic mass is 16.8. The fourth-order valence-electron chi connectivity index (χ4n) is 7.99. The third-order valence-corrected chi connectivity index (χ3v) is 11.1. The Labute approximate surface area is 364 Å². The maximum absolute atomic E-state index is 7.31. The Balaban J connectivity index is 1.16. The Morgan fingerprint density at radius 3 is 1.56 bits per heavy atom. The summed E-state index contributed by atoms with van der Waals surface area (Å²) < 4.78 is 73.5. The Kier molecular flexibility index (Phi) is 16.0. The van der Waals surface area contributed by atoms with Gasteiger partial charge in [-0.2, -0.15) is 0 Å². The molecule has 0 N–H and O–H groups in total. The topological polar surface area (TPSA) is 102 Å². The SMILES string of the molecule is C/C=C\O[C@@H]1[C@@H](OCc2ccccc2)[C@@H](O[C@@H]2[C@H](OCc3ccccc3)[C@@H](OC)O[C@@H]3CO[C@@H](c4ccccc4)O[C@@H]23)O[C@H](COCc2ccccc2)[C@H]1OCc1ccccc1. The van der Waals surface area contributed by atoms with Gasteiger partial charge in [0, 0.05) is 12.7 Å². The number of fused-ring (bicyclic) bond motifs is 1. The van der Waals surface area contributed by atoms with E-state index < -0.39 is 67.7 Å². The summed E-state index contributed by atoms with van der Waals surface area (Å²) in [5.41, 5.74) is 4.85. The maximum atomic E-state index is 7.31. The zero-order chi connectivity index (χ0) is 42.4. The van der Waals surface area contributed by atoms with Gasteiger partial charge in [0.25, 0.3) is 0 Å². The Hall–Kier alpha value is -4.76. The van der Waals surface area contributed by atoms with Crippen LogP contribution in [0.15, 0.2) is 164 Å². The van der Waals surface area contributed by atoms with E-state index in [0.29, 0.717) is 13.2 Å². The highest BCUT2D eigenvalue weighted by molar-refractivity contribution is 5.18. The second-order valence-electron chi connectivity index (χ2n) is 15.5. The van der Waals surface area contributed by atoms with E-state index in [0.717, 1.165) is 27.8 Å². The second-order valence-corrected chi connectivity index (χ2v) is 15.5. The predicted octanol–water partition coefficient (Wildman–Crippen LogP) is 8.47. The van der Waals surface area contributed by atoms with Crippen LogP contribution in [-0.4, -0.2) is 81.7 Å². The summed E-state index contributed by atoms with van der Waals surface area (Å²) >= 11 is 0. The fourth-order valence-corrected chi connectivity index (χ4v) is 7.99. The third kappa shape index (κ3) is 11.4. The summed E-state index contributed by atoms with van der Waals surface area (Å²) in [6.07, 6.45) is -4.71. The Bertz CT molecular complexity index is 2040. The minimum absolute atomic E-state index is 0.171. The number of allylic oxidation sites excluding steroid dienone is 1. The lowest BCUT2D eigenvalue weighted by atomic mass is 9.95. The van der Waals surface area contributed by atoms with Crippen LogP contribution in [0.1, 0.15) is 41.0 Å². The highest BCUT2D eigenvalue weighted by Gasteiger charge is 2.56. The molecule has 0 aliphatic carbocycles. The van der Waals surface area contributed by atoms with Crippen molar-refractivity contribution in [2.75, 3.05) is 20.3 Å². The fraction of sp³-hybridized carbons (Fsp3) is 0.373. The molecule has 11 heteroatoms. The van der Waals surface area contributed by atoms with Crippen molar-refractivity contribution < 1.29 is 52.1 Å². The smallest absolute Gasteiger partial charge is 0.188 e. The molecule has 11 atom stereocenters. The molecule has 0 spiro atoms. The van der Waals surface area contributed by atoms with Crippen molar-refractivity contribution in [2.45, 2.75) is 101 Å². The summed E-state index contributed by atoms with van der Waals surface area (Å²) in [5, 5.41) is 0. The van der Waals surface area contributed by atoms with Gasteiger partial charge >= 0.3 is 0 Å². The van der Waals surface area contributed by atoms with Crippen molar-refractivity contribution in [3.63, 3.8) is 0 Å². The van der Waals surface area contributed by atoms with E-state index in [-0.39, 0.29) is 26.4 Å². The number of benzene rings is 5. The molecule has 0 unspecified atom stereocenters. The third-order valence-electron chi connectivity index (χ3n) is 11.1. The van der Waals surface area contributed by atoms with E-state index in [1.165, 1.54) is 0 Å². The van der Waals surface area contributed by atoms with Crippen molar-refractivity contribution in [3.8, 4) is 0 Å². The zero-order valence-corrected chi connectivity index (χ0v) is 35.2. The molecular weight excluding hydrogens is 789 g/mol. The Morgan fingerprint density at radius 1 is 0.532 bits per heavy atom. The number of methoxy groups -OCH3 is 1. The first-order valence-electron chi connectivity index (χ1n) is 21.3. The van der Waals surface area contributed by atoms with Crippen LogP contribution >= 0.6 is 0 Å². The first-order valence-corrected chi connectivity index (χ1v) is 21.3. The molecule has 326 valence electrons. The number of rotatable bonds is 19. The normalized spacial score (nSPS) is 28.6. The number of hydrogen-bond acceptors (Lipinski definition) is 11. The van der Waals surface area contributed by atoms with Crippen LogP contribution in [0.5, 0.6) is 0 Å². The van der Waals surface area contributed by atoms with Gasteiger partial charge in [-0.1, -0.05) is 158 Å². The summed E-state index contributed by atoms with van der Waals surface area (Å²) in [4.78, 5) is 0. The van der Waals surface area contributed by atoms with Gasteiger partial charge in [-0.05, 0) is 29.2 Å². The molecule has 0 amide bonds. The van der Waals surface area contributed by atoms with Gasteiger partial charge in [0.15, 0.2) is 25.0 Å². The van der Waals surface area contributed by atoms with Crippen molar-refractivity contribution in [2.24, 2.45) is 0 Å². The van der Waals surface area contributed by atoms with E-state index in [4.69, 9.17) is 52.1 Å². The molecule has 62 heavy (non-hydrogen) atoms. The predicted molar refractivity (Wildman–Crippen MR) is 230 cm³/mol. The van der Waals surface area contributed by atoms with Crippen LogP contribution in [0.2, 0.25) is 0 Å². The molecule has 0 radical (unpaired) electrons. The molecule has 0 bridgehead atoms. The van der Waals surface area contributed by atoms with Gasteiger partial charge in [-0.25, -0.2) is 0 Å². The van der Waals surface area contributed by atoms with Crippen LogP contribution in [0.4, 0.5) is 0 Å². The highest BCUT2D eigenvalue weighted by Crippen LogP contribution is 2.40. The number of ether oxygens (including phenoxy) is 11.